The second-order valence-corrected chi connectivity index (χ2v) is 5.56. The molecular formula is C11H19N3O. The Balaban J connectivity index is 2.12. The van der Waals surface area contributed by atoms with Crippen molar-refractivity contribution in [1.82, 2.24) is 0 Å². The molecular weight excluding hydrogens is 190 g/mol. The lowest BCUT2D eigenvalue weighted by Gasteiger charge is -2.61. The number of hydrogen-bond donors (Lipinski definition) is 1. The maximum Gasteiger partial charge on any atom is 0.0636 e. The first-order chi connectivity index (χ1) is 7.11. The van der Waals surface area contributed by atoms with E-state index in [0.717, 1.165) is 12.3 Å². The van der Waals surface area contributed by atoms with E-state index in [1.165, 1.54) is 12.8 Å². The first-order valence-electron chi connectivity index (χ1n) is 5.76. The van der Waals surface area contributed by atoms with E-state index in [2.05, 4.69) is 23.9 Å². The summed E-state index contributed by atoms with van der Waals surface area (Å²) >= 11 is 0. The highest BCUT2D eigenvalue weighted by atomic mass is 16.3. The Hall–Kier alpha value is -0.730. The summed E-state index contributed by atoms with van der Waals surface area (Å²) in [6.45, 7) is 4.61. The van der Waals surface area contributed by atoms with Crippen molar-refractivity contribution in [3.05, 3.63) is 10.4 Å². The van der Waals surface area contributed by atoms with Crippen LogP contribution in [-0.4, -0.2) is 17.8 Å². The van der Waals surface area contributed by atoms with Crippen LogP contribution in [0.25, 0.3) is 10.4 Å². The third-order valence-electron chi connectivity index (χ3n) is 4.79. The maximum atomic E-state index is 9.25. The lowest BCUT2D eigenvalue weighted by Crippen LogP contribution is -2.55. The molecule has 0 heterocycles. The third kappa shape index (κ3) is 1.52. The van der Waals surface area contributed by atoms with Crippen LogP contribution in [0.1, 0.15) is 33.1 Å². The van der Waals surface area contributed by atoms with Gasteiger partial charge < -0.3 is 5.11 Å². The van der Waals surface area contributed by atoms with E-state index in [1.54, 1.807) is 0 Å². The number of azide groups is 1. The Bertz CT molecular complexity index is 294. The van der Waals surface area contributed by atoms with Crippen molar-refractivity contribution < 1.29 is 5.11 Å². The molecule has 84 valence electrons. The van der Waals surface area contributed by atoms with Crippen LogP contribution in [-0.2, 0) is 0 Å². The van der Waals surface area contributed by atoms with Gasteiger partial charge in [-0.1, -0.05) is 19.0 Å². The van der Waals surface area contributed by atoms with Crippen molar-refractivity contribution in [3.63, 3.8) is 0 Å². The van der Waals surface area contributed by atoms with Gasteiger partial charge in [-0.05, 0) is 48.0 Å². The summed E-state index contributed by atoms with van der Waals surface area (Å²) in [6.07, 6.45) is 3.60. The molecule has 0 amide bonds. The molecule has 4 nitrogen and oxygen atoms in total. The van der Waals surface area contributed by atoms with E-state index in [0.29, 0.717) is 17.3 Å². The van der Waals surface area contributed by atoms with Crippen LogP contribution in [0.4, 0.5) is 0 Å². The van der Waals surface area contributed by atoms with E-state index >= 15 is 0 Å². The SMILES string of the molecule is CC1(C)C2CCC(C(CO)N=[N+]=[N-])C1C2. The minimum Gasteiger partial charge on any atom is -0.396 e. The molecule has 0 aromatic carbocycles. The Kier molecular flexibility index (Phi) is 2.65. The summed E-state index contributed by atoms with van der Waals surface area (Å²) < 4.78 is 0. The molecule has 3 fully saturated rings. The largest absolute Gasteiger partial charge is 0.396 e. The first-order valence-corrected chi connectivity index (χ1v) is 5.76. The topological polar surface area (TPSA) is 69.0 Å². The molecule has 4 unspecified atom stereocenters. The second kappa shape index (κ2) is 3.69. The molecule has 0 aromatic heterocycles. The van der Waals surface area contributed by atoms with Crippen LogP contribution in [0.3, 0.4) is 0 Å². The predicted octanol–water partition coefficient (Wildman–Crippen LogP) is 2.73. The highest BCUT2D eigenvalue weighted by Crippen LogP contribution is 2.62. The molecule has 4 heteroatoms. The summed E-state index contributed by atoms with van der Waals surface area (Å²) in [7, 11) is 0. The van der Waals surface area contributed by atoms with Crippen molar-refractivity contribution >= 4 is 0 Å². The summed E-state index contributed by atoms with van der Waals surface area (Å²) in [5.74, 6) is 1.88. The van der Waals surface area contributed by atoms with Gasteiger partial charge in [0.1, 0.15) is 0 Å². The lowest BCUT2D eigenvalue weighted by atomic mass is 9.45. The predicted molar refractivity (Wildman–Crippen MR) is 58.1 cm³/mol. The standard InChI is InChI=1S/C11H19N3O/c1-11(2)7-3-4-8(9(11)5-7)10(6-15)13-14-12/h7-10,15H,3-6H2,1-2H3. The molecule has 4 atom stereocenters. The number of aliphatic hydroxyl groups is 1. The molecule has 3 saturated carbocycles. The average Bonchev–Trinajstić information content (AvgIpc) is 2.25. The lowest BCUT2D eigenvalue weighted by molar-refractivity contribution is -0.114. The summed E-state index contributed by atoms with van der Waals surface area (Å²) in [6, 6.07) is -0.208. The van der Waals surface area contributed by atoms with Crippen molar-refractivity contribution in [3.8, 4) is 0 Å². The molecule has 2 bridgehead atoms. The fourth-order valence-corrected chi connectivity index (χ4v) is 3.65. The van der Waals surface area contributed by atoms with Crippen molar-refractivity contribution in [2.45, 2.75) is 39.2 Å². The molecule has 3 aliphatic rings. The van der Waals surface area contributed by atoms with E-state index in [9.17, 15) is 5.11 Å². The number of hydrogen-bond acceptors (Lipinski definition) is 2. The molecule has 0 saturated heterocycles. The highest BCUT2D eigenvalue weighted by Gasteiger charge is 2.55. The highest BCUT2D eigenvalue weighted by molar-refractivity contribution is 5.05. The Morgan fingerprint density at radius 2 is 2.27 bits per heavy atom. The Morgan fingerprint density at radius 1 is 1.53 bits per heavy atom. The van der Waals surface area contributed by atoms with Crippen molar-refractivity contribution in [2.24, 2.45) is 28.3 Å². The molecule has 0 aliphatic heterocycles. The van der Waals surface area contributed by atoms with E-state index in [4.69, 9.17) is 5.53 Å². The van der Waals surface area contributed by atoms with Gasteiger partial charge in [0.05, 0.1) is 12.6 Å². The second-order valence-electron chi connectivity index (χ2n) is 5.56. The van der Waals surface area contributed by atoms with Crippen molar-refractivity contribution in [2.75, 3.05) is 6.61 Å². The van der Waals surface area contributed by atoms with Gasteiger partial charge in [0.15, 0.2) is 0 Å². The molecule has 3 aliphatic carbocycles. The van der Waals surface area contributed by atoms with Gasteiger partial charge in [-0.2, -0.15) is 0 Å². The summed E-state index contributed by atoms with van der Waals surface area (Å²) in [5.41, 5.74) is 8.87. The van der Waals surface area contributed by atoms with Gasteiger partial charge in [-0.15, -0.1) is 0 Å². The van der Waals surface area contributed by atoms with Crippen LogP contribution in [0.2, 0.25) is 0 Å². The molecule has 1 N–H and O–H groups in total. The zero-order valence-corrected chi connectivity index (χ0v) is 9.43. The molecule has 0 aromatic rings. The normalized spacial score (nSPS) is 38.7. The van der Waals surface area contributed by atoms with Crippen LogP contribution in [0, 0.1) is 23.2 Å². The van der Waals surface area contributed by atoms with Crippen molar-refractivity contribution in [1.29, 1.82) is 0 Å². The van der Waals surface area contributed by atoms with Gasteiger partial charge in [0.2, 0.25) is 0 Å². The maximum absolute atomic E-state index is 9.25. The molecule has 0 radical (unpaired) electrons. The zero-order chi connectivity index (χ0) is 11.1. The molecule has 0 spiro atoms. The van der Waals surface area contributed by atoms with Gasteiger partial charge >= 0.3 is 0 Å². The number of nitrogens with zero attached hydrogens (tertiary/aromatic N) is 3. The first kappa shape index (κ1) is 10.8. The monoisotopic (exact) mass is 209 g/mol. The van der Waals surface area contributed by atoms with Crippen LogP contribution < -0.4 is 0 Å². The summed E-state index contributed by atoms with van der Waals surface area (Å²) in [5, 5.41) is 13.0. The molecule has 3 rings (SSSR count). The average molecular weight is 209 g/mol. The van der Waals surface area contributed by atoms with Gasteiger partial charge in [-0.25, -0.2) is 0 Å². The van der Waals surface area contributed by atoms with Gasteiger partial charge in [0.25, 0.3) is 0 Å². The van der Waals surface area contributed by atoms with Gasteiger partial charge in [0, 0.05) is 4.91 Å². The minimum absolute atomic E-state index is 0.00796. The van der Waals surface area contributed by atoms with E-state index < -0.39 is 0 Å². The fourth-order valence-electron chi connectivity index (χ4n) is 3.65. The minimum atomic E-state index is -0.208. The molecule has 15 heavy (non-hydrogen) atoms. The van der Waals surface area contributed by atoms with E-state index in [-0.39, 0.29) is 12.6 Å². The van der Waals surface area contributed by atoms with Crippen LogP contribution in [0.15, 0.2) is 5.11 Å². The Morgan fingerprint density at radius 3 is 2.73 bits per heavy atom. The third-order valence-corrected chi connectivity index (χ3v) is 4.79. The quantitative estimate of drug-likeness (QED) is 0.433. The van der Waals surface area contributed by atoms with E-state index in [1.807, 2.05) is 0 Å². The smallest absolute Gasteiger partial charge is 0.0636 e. The van der Waals surface area contributed by atoms with Gasteiger partial charge in [-0.3, -0.25) is 0 Å². The summed E-state index contributed by atoms with van der Waals surface area (Å²) in [4.78, 5) is 2.85. The number of rotatable bonds is 3. The fraction of sp³-hybridized carbons (Fsp3) is 1.00. The van der Waals surface area contributed by atoms with Crippen LogP contribution in [0.5, 0.6) is 0 Å². The Labute approximate surface area is 90.3 Å². The number of fused-ring (bicyclic) bond motifs is 2. The van der Waals surface area contributed by atoms with Crippen LogP contribution >= 0.6 is 0 Å². The number of aliphatic hydroxyl groups excluding tert-OH is 1. The zero-order valence-electron chi connectivity index (χ0n) is 9.43.